The number of β-lactam (4-membered cyclic amide) rings is 1. The Balaban J connectivity index is 1.77. The van der Waals surface area contributed by atoms with Gasteiger partial charge < -0.3 is 18.8 Å². The number of amides is 1. The van der Waals surface area contributed by atoms with Gasteiger partial charge in [-0.2, -0.15) is 0 Å². The van der Waals surface area contributed by atoms with E-state index in [2.05, 4.69) is 40.4 Å². The molecule has 0 aliphatic carbocycles. The number of carbonyl (C=O) groups is 4. The second-order valence-corrected chi connectivity index (χ2v) is 25.1. The minimum atomic E-state index is -3.21. The Morgan fingerprint density at radius 3 is 1.65 bits per heavy atom. The zero-order valence-electron chi connectivity index (χ0n) is 34.7. The average molecular weight is 806 g/mol. The van der Waals surface area contributed by atoms with E-state index in [4.69, 9.17) is 13.9 Å². The maximum atomic E-state index is 15.1. The largest absolute Gasteiger partial charge is 0.457 e. The van der Waals surface area contributed by atoms with Gasteiger partial charge in [0.2, 0.25) is 5.91 Å². The molecule has 1 amide bonds. The number of likely N-dealkylation sites (tertiary alicyclic amines) is 1. The number of ether oxygens (including phenoxy) is 2. The predicted molar refractivity (Wildman–Crippen MR) is 234 cm³/mol. The topological polar surface area (TPSA) is 99.2 Å². The number of hydrogen-bond donors (Lipinski definition) is 0. The second-order valence-electron chi connectivity index (χ2n) is 17.0. The maximum Gasteiger partial charge on any atom is 0.356 e. The van der Waals surface area contributed by atoms with Crippen LogP contribution in [0.2, 0.25) is 18.1 Å². The molecule has 300 valence electrons. The van der Waals surface area contributed by atoms with E-state index in [1.54, 1.807) is 49.9 Å². The molecule has 1 aliphatic rings. The van der Waals surface area contributed by atoms with Crippen molar-refractivity contribution in [1.82, 2.24) is 4.90 Å². The van der Waals surface area contributed by atoms with Crippen molar-refractivity contribution < 1.29 is 33.1 Å². The van der Waals surface area contributed by atoms with E-state index >= 15 is 4.79 Å². The molecule has 0 bridgehead atoms. The van der Waals surface area contributed by atoms with Gasteiger partial charge in [-0.25, -0.2) is 9.59 Å². The third kappa shape index (κ3) is 9.17. The molecule has 1 fully saturated rings. The van der Waals surface area contributed by atoms with E-state index in [0.717, 1.165) is 15.9 Å². The van der Waals surface area contributed by atoms with Gasteiger partial charge in [-0.1, -0.05) is 137 Å². The summed E-state index contributed by atoms with van der Waals surface area (Å²) in [7, 11) is -2.40. The fourth-order valence-corrected chi connectivity index (χ4v) is 12.9. The van der Waals surface area contributed by atoms with Crippen LogP contribution in [-0.2, 0) is 23.5 Å². The first-order chi connectivity index (χ1) is 26.8. The van der Waals surface area contributed by atoms with E-state index in [1.807, 2.05) is 97.9 Å². The highest BCUT2D eigenvalue weighted by Gasteiger charge is 2.57. The van der Waals surface area contributed by atoms with Gasteiger partial charge in [-0.3, -0.25) is 9.59 Å². The lowest BCUT2D eigenvalue weighted by atomic mass is 9.79. The molecule has 0 spiro atoms. The number of esters is 2. The van der Waals surface area contributed by atoms with Crippen LogP contribution in [0.15, 0.2) is 128 Å². The van der Waals surface area contributed by atoms with Crippen LogP contribution in [0.3, 0.4) is 0 Å². The zero-order valence-corrected chi connectivity index (χ0v) is 36.5. The van der Waals surface area contributed by atoms with Gasteiger partial charge in [0, 0.05) is 18.9 Å². The van der Waals surface area contributed by atoms with Crippen LogP contribution in [0.1, 0.15) is 75.6 Å². The summed E-state index contributed by atoms with van der Waals surface area (Å²) in [6.45, 7) is 18.5. The molecule has 4 aromatic rings. The number of rotatable bonds is 14. The number of carbonyl (C=O) groups excluding carboxylic acids is 4. The summed E-state index contributed by atoms with van der Waals surface area (Å²) in [5, 5.41) is 2.39. The van der Waals surface area contributed by atoms with Gasteiger partial charge in [0.1, 0.15) is 17.6 Å². The van der Waals surface area contributed by atoms with Gasteiger partial charge in [-0.05, 0) is 73.9 Å². The molecule has 0 radical (unpaired) electrons. The molecular formula is C47H56NO7PSi. The number of Topliss-reactive ketones (excluding diaryl/α,β-unsaturated/α-hetero) is 1. The molecule has 0 aromatic heterocycles. The van der Waals surface area contributed by atoms with Crippen molar-refractivity contribution in [3.8, 4) is 0 Å². The summed E-state index contributed by atoms with van der Waals surface area (Å²) >= 11 is 0. The highest BCUT2D eigenvalue weighted by molar-refractivity contribution is 7.96. The van der Waals surface area contributed by atoms with Crippen molar-refractivity contribution in [3.63, 3.8) is 0 Å². The molecule has 1 saturated heterocycles. The third-order valence-electron chi connectivity index (χ3n) is 10.8. The first kappa shape index (κ1) is 43.3. The van der Waals surface area contributed by atoms with Gasteiger partial charge in [0.25, 0.3) is 0 Å². The van der Waals surface area contributed by atoms with E-state index in [9.17, 15) is 14.4 Å². The van der Waals surface area contributed by atoms with Gasteiger partial charge in [0.05, 0.1) is 23.6 Å². The van der Waals surface area contributed by atoms with Gasteiger partial charge >= 0.3 is 11.9 Å². The Kier molecular flexibility index (Phi) is 13.2. The van der Waals surface area contributed by atoms with Crippen LogP contribution < -0.4 is 15.9 Å². The van der Waals surface area contributed by atoms with Crippen LogP contribution in [0.5, 0.6) is 0 Å². The molecule has 0 unspecified atom stereocenters. The number of hydrogen-bond acceptors (Lipinski definition) is 7. The molecule has 0 N–H and O–H groups in total. The summed E-state index contributed by atoms with van der Waals surface area (Å²) in [6, 6.07) is 34.9. The van der Waals surface area contributed by atoms with E-state index < -0.39 is 50.8 Å². The highest BCUT2D eigenvalue weighted by Crippen LogP contribution is 2.51. The number of ketones is 1. The summed E-state index contributed by atoms with van der Waals surface area (Å²) in [5.74, 6) is -2.45. The predicted octanol–water partition coefficient (Wildman–Crippen LogP) is 8.31. The summed E-state index contributed by atoms with van der Waals surface area (Å²) < 4.78 is 18.3. The minimum absolute atomic E-state index is 0.0787. The van der Waals surface area contributed by atoms with Crippen molar-refractivity contribution in [3.05, 3.63) is 139 Å². The molecule has 8 nitrogen and oxygen atoms in total. The van der Waals surface area contributed by atoms with Crippen LogP contribution in [0.4, 0.5) is 0 Å². The molecule has 0 saturated carbocycles. The van der Waals surface area contributed by atoms with Crippen LogP contribution >= 0.6 is 6.89 Å². The maximum absolute atomic E-state index is 15.1. The van der Waals surface area contributed by atoms with Gasteiger partial charge in [0.15, 0.2) is 14.1 Å². The van der Waals surface area contributed by atoms with Crippen LogP contribution in [0, 0.1) is 5.92 Å². The molecule has 10 heteroatoms. The standard InChI is InChI=1S/C47H56NO7PSi/c1-11-31-53-45(52)43(56(36-21-15-12-16-22-36,37-23-17-13-18-24-37)38-25-19-14-20-26-38)48-39(41(42(48)50)33(2)55-57(9,10)47(6,7)8)32-40(49)34-27-29-35(30-28-34)44(51)54-46(3,4)5/h11-30,33,39,41H,1,31-32H2,2-10H3/t33-,39-,41-/m1/s1. The van der Waals surface area contributed by atoms with E-state index in [0.29, 0.717) is 11.1 Å². The van der Waals surface area contributed by atoms with Crippen LogP contribution in [-0.4, -0.2) is 66.6 Å². The Bertz CT molecular complexity index is 2030. The quantitative estimate of drug-likeness (QED) is 0.0316. The third-order valence-corrected chi connectivity index (χ3v) is 19.6. The number of nitrogens with zero attached hydrogens (tertiary/aromatic N) is 1. The number of benzene rings is 4. The Labute approximate surface area is 339 Å². The smallest absolute Gasteiger partial charge is 0.356 e. The van der Waals surface area contributed by atoms with Crippen molar-refractivity contribution in [1.29, 1.82) is 0 Å². The Hall–Kier alpha value is -4.82. The Morgan fingerprint density at radius 1 is 0.772 bits per heavy atom. The first-order valence-electron chi connectivity index (χ1n) is 19.4. The summed E-state index contributed by atoms with van der Waals surface area (Å²) in [5.41, 5.74) is 0.193. The van der Waals surface area contributed by atoms with Crippen LogP contribution in [0.25, 0.3) is 0 Å². The van der Waals surface area contributed by atoms with Crippen molar-refractivity contribution in [2.24, 2.45) is 5.92 Å². The normalized spacial score (nSPS) is 16.6. The molecule has 1 heterocycles. The van der Waals surface area contributed by atoms with E-state index in [1.165, 1.54) is 6.08 Å². The molecule has 3 atom stereocenters. The molecule has 57 heavy (non-hydrogen) atoms. The lowest BCUT2D eigenvalue weighted by molar-refractivity contribution is -0.156. The van der Waals surface area contributed by atoms with Crippen molar-refractivity contribution in [2.45, 2.75) is 90.8 Å². The summed E-state index contributed by atoms with van der Waals surface area (Å²) in [4.78, 5) is 58.9. The SMILES string of the molecule is C=CCOC(=O)C(N1C(=O)[C@H]([C@@H](C)O[Si](C)(C)C(C)(C)C)[C@H]1CC(=O)c1ccc(C(=O)OC(C)(C)C)cc1)=P(c1ccccc1)(c1ccccc1)c1ccccc1. The lowest BCUT2D eigenvalue weighted by Crippen LogP contribution is -2.69. The van der Waals surface area contributed by atoms with Gasteiger partial charge in [-0.15, -0.1) is 0 Å². The second kappa shape index (κ2) is 17.4. The average Bonchev–Trinajstić information content (AvgIpc) is 3.16. The fraction of sp³-hybridized carbons (Fsp3) is 0.340. The highest BCUT2D eigenvalue weighted by atomic mass is 31.2. The first-order valence-corrected chi connectivity index (χ1v) is 24.1. The lowest BCUT2D eigenvalue weighted by Gasteiger charge is -2.53. The molecular weight excluding hydrogens is 750 g/mol. The monoisotopic (exact) mass is 805 g/mol. The molecule has 1 aliphatic heterocycles. The van der Waals surface area contributed by atoms with Crippen molar-refractivity contribution in [2.75, 3.05) is 6.61 Å². The van der Waals surface area contributed by atoms with Crippen molar-refractivity contribution >= 4 is 60.2 Å². The fourth-order valence-electron chi connectivity index (χ4n) is 7.08. The molecule has 4 aromatic carbocycles. The minimum Gasteiger partial charge on any atom is -0.457 e. The Morgan fingerprint density at radius 2 is 1.23 bits per heavy atom. The molecule has 5 rings (SSSR count). The van der Waals surface area contributed by atoms with E-state index in [-0.39, 0.29) is 35.2 Å². The zero-order chi connectivity index (χ0) is 41.8. The summed E-state index contributed by atoms with van der Waals surface area (Å²) in [6.07, 6.45) is 0.829.